The molecular formula is C6H13Co2NO12S3. The van der Waals surface area contributed by atoms with Gasteiger partial charge in [-0.1, -0.05) is 19.8 Å². The van der Waals surface area contributed by atoms with E-state index < -0.39 is 31.2 Å². The van der Waals surface area contributed by atoms with Crippen molar-refractivity contribution in [2.24, 2.45) is 0 Å². The summed E-state index contributed by atoms with van der Waals surface area (Å²) in [6.07, 6.45) is 6.17. The molecule has 1 N–H and O–H groups in total. The largest absolute Gasteiger partial charge is 3.00 e. The molecule has 0 aliphatic rings. The Kier molecular flexibility index (Phi) is 35.0. The molecule has 0 aromatic rings. The maximum absolute atomic E-state index is 8.52. The normalized spacial score (nSPS) is 9.79. The molecule has 18 heteroatoms. The quantitative estimate of drug-likeness (QED) is 0.192. The molecule has 0 saturated heterocycles. The Bertz CT molecular complexity index is 462. The van der Waals surface area contributed by atoms with E-state index in [0.29, 0.717) is 0 Å². The topological polar surface area (TPSA) is 265 Å². The average molecular weight is 505 g/mol. The van der Waals surface area contributed by atoms with E-state index >= 15 is 0 Å². The molecule has 0 spiro atoms. The van der Waals surface area contributed by atoms with E-state index in [4.69, 9.17) is 58.0 Å². The SMILES string of the molecule is CCCCCC=N.O=S(=O)([O-])[O-].O=S(=O)([O-])[O-].O=S(=O)([O-])[O-].[Co+3].[Co+3]. The molecule has 0 unspecified atom stereocenters. The van der Waals surface area contributed by atoms with Crippen molar-refractivity contribution in [2.75, 3.05) is 0 Å². The van der Waals surface area contributed by atoms with Gasteiger partial charge in [-0.05, 0) is 19.1 Å². The molecule has 0 aromatic heterocycles. The van der Waals surface area contributed by atoms with Crippen LogP contribution in [0.25, 0.3) is 0 Å². The van der Waals surface area contributed by atoms with E-state index in [1.165, 1.54) is 25.5 Å². The molecule has 0 aliphatic heterocycles. The molecule has 0 rings (SSSR count). The Balaban J connectivity index is -0.0000000443. The zero-order valence-corrected chi connectivity index (χ0v) is 16.2. The van der Waals surface area contributed by atoms with E-state index in [-0.39, 0.29) is 33.6 Å². The summed E-state index contributed by atoms with van der Waals surface area (Å²) in [5.41, 5.74) is 0. The van der Waals surface area contributed by atoms with Crippen molar-refractivity contribution in [1.29, 1.82) is 5.41 Å². The Morgan fingerprint density at radius 3 is 1.04 bits per heavy atom. The maximum Gasteiger partial charge on any atom is 3.00 e. The van der Waals surface area contributed by atoms with Crippen molar-refractivity contribution in [1.82, 2.24) is 0 Å². The van der Waals surface area contributed by atoms with E-state index in [1.807, 2.05) is 0 Å². The van der Waals surface area contributed by atoms with Gasteiger partial charge in [-0.3, -0.25) is 25.3 Å². The average Bonchev–Trinajstić information content (AvgIpc) is 2.10. The first kappa shape index (κ1) is 39.4. The number of unbranched alkanes of at least 4 members (excludes halogenated alkanes) is 3. The van der Waals surface area contributed by atoms with Crippen LogP contribution in [0.15, 0.2) is 0 Å². The van der Waals surface area contributed by atoms with Crippen LogP contribution in [-0.2, 0) is 64.8 Å². The predicted molar refractivity (Wildman–Crippen MR) is 64.3 cm³/mol. The Hall–Kier alpha value is 0.293. The van der Waals surface area contributed by atoms with E-state index in [0.717, 1.165) is 6.42 Å². The second kappa shape index (κ2) is 21.3. The van der Waals surface area contributed by atoms with E-state index in [2.05, 4.69) is 6.92 Å². The molecule has 24 heavy (non-hydrogen) atoms. The van der Waals surface area contributed by atoms with Gasteiger partial charge in [0.05, 0.1) is 0 Å². The van der Waals surface area contributed by atoms with Gasteiger partial charge in [0, 0.05) is 31.2 Å². The molecule has 150 valence electrons. The third-order valence-electron chi connectivity index (χ3n) is 0.952. The molecule has 0 bridgehead atoms. The number of nitrogens with one attached hydrogen (secondary N) is 1. The van der Waals surface area contributed by atoms with Crippen LogP contribution in [0.1, 0.15) is 32.6 Å². The molecule has 0 heterocycles. The second-order valence-electron chi connectivity index (χ2n) is 2.92. The van der Waals surface area contributed by atoms with Crippen LogP contribution >= 0.6 is 0 Å². The Labute approximate surface area is 161 Å². The first-order valence-electron chi connectivity index (χ1n) is 4.90. The van der Waals surface area contributed by atoms with Gasteiger partial charge in [0.2, 0.25) is 0 Å². The van der Waals surface area contributed by atoms with Crippen molar-refractivity contribution in [3.63, 3.8) is 0 Å². The summed E-state index contributed by atoms with van der Waals surface area (Å²) in [5.74, 6) is 0. The van der Waals surface area contributed by atoms with Gasteiger partial charge in [0.15, 0.2) is 0 Å². The van der Waals surface area contributed by atoms with Gasteiger partial charge < -0.3 is 32.7 Å². The summed E-state index contributed by atoms with van der Waals surface area (Å²) in [6.45, 7) is 2.17. The summed E-state index contributed by atoms with van der Waals surface area (Å²) in [7, 11) is -15.5. The fourth-order valence-corrected chi connectivity index (χ4v) is 0.496. The van der Waals surface area contributed by atoms with Crippen molar-refractivity contribution in [3.8, 4) is 0 Å². The Morgan fingerprint density at radius 1 is 0.708 bits per heavy atom. The third-order valence-corrected chi connectivity index (χ3v) is 0.952. The van der Waals surface area contributed by atoms with Crippen molar-refractivity contribution in [2.45, 2.75) is 32.6 Å². The monoisotopic (exact) mass is 505 g/mol. The Morgan fingerprint density at radius 2 is 0.917 bits per heavy atom. The van der Waals surface area contributed by atoms with Crippen LogP contribution in [0.3, 0.4) is 0 Å². The fourth-order valence-electron chi connectivity index (χ4n) is 0.496. The molecule has 0 saturated carbocycles. The number of hydrogen-bond donors (Lipinski definition) is 1. The smallest absolute Gasteiger partial charge is 0.759 e. The molecule has 0 aromatic carbocycles. The fraction of sp³-hybridized carbons (Fsp3) is 0.833. The van der Waals surface area contributed by atoms with Gasteiger partial charge in [0.25, 0.3) is 0 Å². The van der Waals surface area contributed by atoms with Gasteiger partial charge in [-0.25, -0.2) is 0 Å². The zero-order chi connectivity index (χ0) is 19.0. The van der Waals surface area contributed by atoms with Gasteiger partial charge in [-0.15, -0.1) is 0 Å². The first-order valence-corrected chi connectivity index (χ1v) is 8.90. The predicted octanol–water partition coefficient (Wildman–Crippen LogP) is -1.80. The van der Waals surface area contributed by atoms with Crippen molar-refractivity contribution >= 4 is 37.4 Å². The number of hydrogen-bond acceptors (Lipinski definition) is 13. The molecule has 13 nitrogen and oxygen atoms in total. The third kappa shape index (κ3) is 548. The van der Waals surface area contributed by atoms with Crippen LogP contribution in [0.4, 0.5) is 0 Å². The van der Waals surface area contributed by atoms with Crippen LogP contribution in [0.5, 0.6) is 0 Å². The van der Waals surface area contributed by atoms with Gasteiger partial charge in [-0.2, -0.15) is 0 Å². The van der Waals surface area contributed by atoms with Crippen LogP contribution < -0.4 is 0 Å². The van der Waals surface area contributed by atoms with Crippen LogP contribution in [-0.4, -0.2) is 58.8 Å². The molecule has 0 aliphatic carbocycles. The minimum atomic E-state index is -5.17. The van der Waals surface area contributed by atoms with Crippen molar-refractivity contribution in [3.05, 3.63) is 0 Å². The minimum Gasteiger partial charge on any atom is -0.759 e. The molecule has 0 amide bonds. The summed E-state index contributed by atoms with van der Waals surface area (Å²) < 4.78 is 102. The van der Waals surface area contributed by atoms with Crippen LogP contribution in [0, 0.1) is 5.41 Å². The second-order valence-corrected chi connectivity index (χ2v) is 5.37. The van der Waals surface area contributed by atoms with Gasteiger partial charge in [0.1, 0.15) is 0 Å². The summed E-state index contributed by atoms with van der Waals surface area (Å²) >= 11 is 0. The van der Waals surface area contributed by atoms with Crippen molar-refractivity contribution < 1.29 is 86.1 Å². The van der Waals surface area contributed by atoms with Crippen LogP contribution in [0.2, 0.25) is 0 Å². The standard InChI is InChI=1S/C6H13N.2Co.3H2O4S/c1-2-3-4-5-6-7;;;3*1-5(2,3)4/h6-7H,2-5H2,1H3;;;3*(H2,1,2,3,4)/q;2*+3;;;/p-6. The zero-order valence-electron chi connectivity index (χ0n) is 11.7. The summed E-state index contributed by atoms with van der Waals surface area (Å²) in [4.78, 5) is 0. The molecular weight excluding hydrogens is 492 g/mol. The summed E-state index contributed by atoms with van der Waals surface area (Å²) in [6, 6.07) is 0. The summed E-state index contributed by atoms with van der Waals surface area (Å²) in [5, 5.41) is 6.66. The molecule has 0 fully saturated rings. The molecule has 0 atom stereocenters. The number of rotatable bonds is 4. The first-order chi connectivity index (χ1) is 9.41. The van der Waals surface area contributed by atoms with E-state index in [1.54, 1.807) is 0 Å². The van der Waals surface area contributed by atoms with Gasteiger partial charge >= 0.3 is 33.6 Å². The maximum atomic E-state index is 8.52. The van der Waals surface area contributed by atoms with E-state index in [9.17, 15) is 0 Å². The molecule has 0 radical (unpaired) electrons. The minimum absolute atomic E-state index is 0.